The monoisotopic (exact) mass is 245 g/mol. The van der Waals surface area contributed by atoms with Crippen molar-refractivity contribution in [3.05, 3.63) is 35.9 Å². The number of hydrogen-bond donors (Lipinski definition) is 3. The SMILES string of the molecule is Cl.NC(C(=O)O)C(C(=O)O)c1ccccc1. The lowest BCUT2D eigenvalue weighted by Gasteiger charge is -2.16. The summed E-state index contributed by atoms with van der Waals surface area (Å²) in [4.78, 5) is 21.5. The summed E-state index contributed by atoms with van der Waals surface area (Å²) < 4.78 is 0. The molecule has 0 saturated heterocycles. The molecule has 0 bridgehead atoms. The quantitative estimate of drug-likeness (QED) is 0.725. The van der Waals surface area contributed by atoms with Gasteiger partial charge in [-0.05, 0) is 5.56 Å². The number of halogens is 1. The highest BCUT2D eigenvalue weighted by Crippen LogP contribution is 2.18. The first-order chi connectivity index (χ1) is 7.04. The smallest absolute Gasteiger partial charge is 0.321 e. The average molecular weight is 246 g/mol. The number of aliphatic carboxylic acids is 2. The zero-order chi connectivity index (χ0) is 11.4. The lowest BCUT2D eigenvalue weighted by atomic mass is 9.92. The Morgan fingerprint density at radius 1 is 1.06 bits per heavy atom. The van der Waals surface area contributed by atoms with E-state index in [1.807, 2.05) is 0 Å². The number of carboxylic acid groups (broad SMARTS) is 2. The first kappa shape index (κ1) is 14.4. The molecule has 5 nitrogen and oxygen atoms in total. The second-order valence-electron chi connectivity index (χ2n) is 3.09. The standard InChI is InChI=1S/C10H11NO4.ClH/c11-8(10(14)15)7(9(12)13)6-4-2-1-3-5-6;/h1-5,7-8H,11H2,(H,12,13)(H,14,15);1H. The van der Waals surface area contributed by atoms with Crippen molar-refractivity contribution in [2.45, 2.75) is 12.0 Å². The van der Waals surface area contributed by atoms with Crippen LogP contribution in [0.15, 0.2) is 30.3 Å². The molecule has 2 unspecified atom stereocenters. The zero-order valence-corrected chi connectivity index (χ0v) is 9.05. The second-order valence-corrected chi connectivity index (χ2v) is 3.09. The Balaban J connectivity index is 0.00000225. The molecule has 0 aliphatic carbocycles. The van der Waals surface area contributed by atoms with Crippen molar-refractivity contribution in [2.75, 3.05) is 0 Å². The summed E-state index contributed by atoms with van der Waals surface area (Å²) >= 11 is 0. The van der Waals surface area contributed by atoms with Gasteiger partial charge in [-0.25, -0.2) is 0 Å². The molecule has 0 spiro atoms. The minimum Gasteiger partial charge on any atom is -0.481 e. The molecule has 88 valence electrons. The molecule has 0 radical (unpaired) electrons. The van der Waals surface area contributed by atoms with Crippen LogP contribution in [0.5, 0.6) is 0 Å². The van der Waals surface area contributed by atoms with E-state index >= 15 is 0 Å². The van der Waals surface area contributed by atoms with Gasteiger partial charge in [0, 0.05) is 0 Å². The second kappa shape index (κ2) is 6.09. The van der Waals surface area contributed by atoms with E-state index in [1.54, 1.807) is 30.3 Å². The van der Waals surface area contributed by atoms with Gasteiger partial charge >= 0.3 is 11.9 Å². The van der Waals surface area contributed by atoms with Gasteiger partial charge in [0.15, 0.2) is 0 Å². The summed E-state index contributed by atoms with van der Waals surface area (Å²) in [5, 5.41) is 17.6. The molecule has 0 aliphatic heterocycles. The molecule has 2 atom stereocenters. The Labute approximate surface area is 98.3 Å². The van der Waals surface area contributed by atoms with Crippen LogP contribution in [0.3, 0.4) is 0 Å². The van der Waals surface area contributed by atoms with Gasteiger partial charge in [0.25, 0.3) is 0 Å². The highest BCUT2D eigenvalue weighted by molar-refractivity contribution is 5.86. The van der Waals surface area contributed by atoms with Crippen LogP contribution in [0, 0.1) is 0 Å². The molecule has 1 rings (SSSR count). The normalized spacial score (nSPS) is 13.3. The van der Waals surface area contributed by atoms with Crippen molar-refractivity contribution in [1.29, 1.82) is 0 Å². The van der Waals surface area contributed by atoms with Crippen LogP contribution in [-0.4, -0.2) is 28.2 Å². The van der Waals surface area contributed by atoms with E-state index in [2.05, 4.69) is 0 Å². The predicted molar refractivity (Wildman–Crippen MR) is 59.7 cm³/mol. The number of benzene rings is 1. The minimum absolute atomic E-state index is 0. The Hall–Kier alpha value is -1.59. The number of carboxylic acids is 2. The van der Waals surface area contributed by atoms with Gasteiger partial charge in [0.2, 0.25) is 0 Å². The van der Waals surface area contributed by atoms with E-state index in [0.29, 0.717) is 5.56 Å². The summed E-state index contributed by atoms with van der Waals surface area (Å²) in [7, 11) is 0. The summed E-state index contributed by atoms with van der Waals surface area (Å²) in [6, 6.07) is 6.64. The van der Waals surface area contributed by atoms with Gasteiger partial charge in [-0.1, -0.05) is 30.3 Å². The zero-order valence-electron chi connectivity index (χ0n) is 8.24. The first-order valence-electron chi connectivity index (χ1n) is 4.30. The van der Waals surface area contributed by atoms with Crippen molar-refractivity contribution >= 4 is 24.3 Å². The fourth-order valence-electron chi connectivity index (χ4n) is 1.31. The fraction of sp³-hybridized carbons (Fsp3) is 0.200. The van der Waals surface area contributed by atoms with E-state index in [-0.39, 0.29) is 12.4 Å². The molecule has 1 aromatic carbocycles. The maximum absolute atomic E-state index is 10.9. The van der Waals surface area contributed by atoms with E-state index in [4.69, 9.17) is 15.9 Å². The molecule has 0 fully saturated rings. The third kappa shape index (κ3) is 3.22. The van der Waals surface area contributed by atoms with Gasteiger partial charge in [-0.2, -0.15) is 0 Å². The highest BCUT2D eigenvalue weighted by atomic mass is 35.5. The summed E-state index contributed by atoms with van der Waals surface area (Å²) in [6.45, 7) is 0. The fourth-order valence-corrected chi connectivity index (χ4v) is 1.31. The summed E-state index contributed by atoms with van der Waals surface area (Å²) in [5.41, 5.74) is 5.70. The highest BCUT2D eigenvalue weighted by Gasteiger charge is 2.31. The van der Waals surface area contributed by atoms with Crippen molar-refractivity contribution in [3.8, 4) is 0 Å². The third-order valence-electron chi connectivity index (χ3n) is 2.07. The number of rotatable bonds is 4. The molecule has 4 N–H and O–H groups in total. The van der Waals surface area contributed by atoms with Crippen molar-refractivity contribution in [3.63, 3.8) is 0 Å². The Kier molecular flexibility index (Phi) is 5.49. The number of hydrogen-bond acceptors (Lipinski definition) is 3. The number of carbonyl (C=O) groups is 2. The van der Waals surface area contributed by atoms with Gasteiger partial charge in [-0.3, -0.25) is 9.59 Å². The molecule has 6 heteroatoms. The van der Waals surface area contributed by atoms with Crippen LogP contribution in [0.4, 0.5) is 0 Å². The molecule has 0 aliphatic rings. The largest absolute Gasteiger partial charge is 0.481 e. The maximum atomic E-state index is 10.9. The lowest BCUT2D eigenvalue weighted by Crippen LogP contribution is -2.40. The Morgan fingerprint density at radius 2 is 1.56 bits per heavy atom. The average Bonchev–Trinajstić information content (AvgIpc) is 2.18. The Bertz CT molecular complexity index is 368. The van der Waals surface area contributed by atoms with Gasteiger partial charge in [0.05, 0.1) is 0 Å². The summed E-state index contributed by atoms with van der Waals surface area (Å²) in [6.07, 6.45) is 0. The number of nitrogens with two attached hydrogens (primary N) is 1. The topological polar surface area (TPSA) is 101 Å². The van der Waals surface area contributed by atoms with Gasteiger partial charge < -0.3 is 15.9 Å². The van der Waals surface area contributed by atoms with Crippen LogP contribution < -0.4 is 5.73 Å². The Morgan fingerprint density at radius 3 is 1.94 bits per heavy atom. The molecular weight excluding hydrogens is 234 g/mol. The molecule has 0 saturated carbocycles. The van der Waals surface area contributed by atoms with Crippen molar-refractivity contribution < 1.29 is 19.8 Å². The molecular formula is C10H12ClNO4. The van der Waals surface area contributed by atoms with Crippen LogP contribution in [0.1, 0.15) is 11.5 Å². The first-order valence-corrected chi connectivity index (χ1v) is 4.30. The summed E-state index contributed by atoms with van der Waals surface area (Å²) in [5.74, 6) is -3.79. The predicted octanol–water partition coefficient (Wildman–Crippen LogP) is 0.688. The third-order valence-corrected chi connectivity index (χ3v) is 2.07. The van der Waals surface area contributed by atoms with Crippen molar-refractivity contribution in [1.82, 2.24) is 0 Å². The molecule has 0 amide bonds. The van der Waals surface area contributed by atoms with E-state index in [1.165, 1.54) is 0 Å². The lowest BCUT2D eigenvalue weighted by molar-refractivity contribution is -0.146. The van der Waals surface area contributed by atoms with Gasteiger partial charge in [0.1, 0.15) is 12.0 Å². The maximum Gasteiger partial charge on any atom is 0.321 e. The van der Waals surface area contributed by atoms with E-state index in [9.17, 15) is 9.59 Å². The van der Waals surface area contributed by atoms with Crippen LogP contribution in [0.2, 0.25) is 0 Å². The minimum atomic E-state index is -1.44. The molecule has 0 aromatic heterocycles. The van der Waals surface area contributed by atoms with Crippen LogP contribution >= 0.6 is 12.4 Å². The molecule has 1 aromatic rings. The van der Waals surface area contributed by atoms with Crippen LogP contribution in [-0.2, 0) is 9.59 Å². The van der Waals surface area contributed by atoms with Gasteiger partial charge in [-0.15, -0.1) is 12.4 Å². The molecule has 16 heavy (non-hydrogen) atoms. The van der Waals surface area contributed by atoms with E-state index in [0.717, 1.165) is 0 Å². The molecule has 0 heterocycles. The van der Waals surface area contributed by atoms with E-state index < -0.39 is 23.9 Å². The van der Waals surface area contributed by atoms with Crippen LogP contribution in [0.25, 0.3) is 0 Å². The van der Waals surface area contributed by atoms with Crippen molar-refractivity contribution in [2.24, 2.45) is 5.73 Å².